The van der Waals surface area contributed by atoms with E-state index in [9.17, 15) is 9.90 Å². The van der Waals surface area contributed by atoms with Gasteiger partial charge in [0, 0.05) is 7.05 Å². The third-order valence-electron chi connectivity index (χ3n) is 7.90. The van der Waals surface area contributed by atoms with E-state index < -0.39 is 5.60 Å². The van der Waals surface area contributed by atoms with Gasteiger partial charge in [-0.3, -0.25) is 9.63 Å². The van der Waals surface area contributed by atoms with Gasteiger partial charge in [0.25, 0.3) is 0 Å². The van der Waals surface area contributed by atoms with Crippen LogP contribution in [0.25, 0.3) is 0 Å². The molecule has 3 aliphatic rings. The number of aliphatic hydroxyl groups is 1. The number of nitrogens with zero attached hydrogens (tertiary/aromatic N) is 1. The molecule has 7 atom stereocenters. The van der Waals surface area contributed by atoms with Crippen LogP contribution < -0.4 is 0 Å². The first kappa shape index (κ1) is 20.1. The van der Waals surface area contributed by atoms with Crippen molar-refractivity contribution in [3.05, 3.63) is 0 Å². The van der Waals surface area contributed by atoms with E-state index in [4.69, 9.17) is 9.57 Å². The van der Waals surface area contributed by atoms with E-state index in [1.54, 1.807) is 0 Å². The fraction of sp³-hybridized carbons (Fsp3) is 0.952. The highest BCUT2D eigenvalue weighted by Crippen LogP contribution is 2.58. The van der Waals surface area contributed by atoms with Crippen molar-refractivity contribution in [2.45, 2.75) is 84.0 Å². The van der Waals surface area contributed by atoms with E-state index >= 15 is 0 Å². The Kier molecular flexibility index (Phi) is 5.46. The average molecular weight is 368 g/mol. The van der Waals surface area contributed by atoms with Crippen molar-refractivity contribution in [3.8, 4) is 0 Å². The van der Waals surface area contributed by atoms with Gasteiger partial charge in [0.2, 0.25) is 0 Å². The number of hydrogen-bond acceptors (Lipinski definition) is 5. The van der Waals surface area contributed by atoms with Crippen molar-refractivity contribution in [1.82, 2.24) is 5.06 Å². The van der Waals surface area contributed by atoms with Crippen LogP contribution in [-0.4, -0.2) is 48.0 Å². The summed E-state index contributed by atoms with van der Waals surface area (Å²) in [7, 11) is 3.40. The Labute approximate surface area is 158 Å². The average Bonchev–Trinajstić information content (AvgIpc) is 3.01. The fourth-order valence-electron chi connectivity index (χ4n) is 6.69. The van der Waals surface area contributed by atoms with E-state index in [0.29, 0.717) is 17.8 Å². The maximum atomic E-state index is 12.5. The van der Waals surface area contributed by atoms with Crippen LogP contribution in [0.3, 0.4) is 0 Å². The van der Waals surface area contributed by atoms with Gasteiger partial charge in [-0.2, -0.15) is 5.06 Å². The van der Waals surface area contributed by atoms with Crippen LogP contribution in [0.1, 0.15) is 66.2 Å². The number of methoxy groups -OCH3 is 1. The molecule has 0 bridgehead atoms. The van der Waals surface area contributed by atoms with E-state index in [-0.39, 0.29) is 29.4 Å². The highest BCUT2D eigenvalue weighted by atomic mass is 16.7. The smallest absolute Gasteiger partial charge is 0.313 e. The van der Waals surface area contributed by atoms with Crippen molar-refractivity contribution in [2.75, 3.05) is 14.2 Å². The molecule has 0 spiro atoms. The number of carbonyl (C=O) groups excluding carboxylic acids is 1. The standard InChI is InChI=1S/C21H37NO4/c1-13(14-9-10-15-17(23)8-7-11-21(14,15)4)12-16-18(19(24)25-6)20(2,3)26-22(16)5/h13-18,23H,7-12H2,1-6H3/t13-,14-,15+,16-,17+,18+,21-/m1/s1. The predicted molar refractivity (Wildman–Crippen MR) is 100 cm³/mol. The summed E-state index contributed by atoms with van der Waals surface area (Å²) in [6, 6.07) is 0.0311. The molecule has 1 heterocycles. The van der Waals surface area contributed by atoms with Crippen LogP contribution in [0.5, 0.6) is 0 Å². The first-order valence-corrected chi connectivity index (χ1v) is 10.3. The molecule has 2 saturated carbocycles. The zero-order valence-electron chi connectivity index (χ0n) is 17.3. The zero-order valence-corrected chi connectivity index (χ0v) is 17.3. The molecule has 1 aliphatic heterocycles. The largest absolute Gasteiger partial charge is 0.469 e. The summed E-state index contributed by atoms with van der Waals surface area (Å²) < 4.78 is 5.10. The topological polar surface area (TPSA) is 59.0 Å². The lowest BCUT2D eigenvalue weighted by Gasteiger charge is -2.45. The molecule has 150 valence electrons. The van der Waals surface area contributed by atoms with Crippen LogP contribution in [0.2, 0.25) is 0 Å². The fourth-order valence-corrected chi connectivity index (χ4v) is 6.69. The van der Waals surface area contributed by atoms with E-state index in [1.165, 1.54) is 20.0 Å². The highest BCUT2D eigenvalue weighted by Gasteiger charge is 2.55. The summed E-state index contributed by atoms with van der Waals surface area (Å²) in [5, 5.41) is 12.4. The molecule has 1 saturated heterocycles. The summed E-state index contributed by atoms with van der Waals surface area (Å²) >= 11 is 0. The van der Waals surface area contributed by atoms with Crippen LogP contribution in [0, 0.1) is 29.1 Å². The maximum absolute atomic E-state index is 12.5. The lowest BCUT2D eigenvalue weighted by atomic mass is 9.61. The van der Waals surface area contributed by atoms with Crippen molar-refractivity contribution in [3.63, 3.8) is 0 Å². The van der Waals surface area contributed by atoms with E-state index in [1.807, 2.05) is 26.0 Å². The van der Waals surface area contributed by atoms with Gasteiger partial charge in [0.05, 0.1) is 24.9 Å². The normalized spacial score (nSPS) is 43.9. The second-order valence-electron chi connectivity index (χ2n) is 9.78. The van der Waals surface area contributed by atoms with Crippen molar-refractivity contribution in [1.29, 1.82) is 0 Å². The minimum absolute atomic E-state index is 0.0311. The van der Waals surface area contributed by atoms with Crippen LogP contribution in [0.15, 0.2) is 0 Å². The van der Waals surface area contributed by atoms with Gasteiger partial charge in [-0.15, -0.1) is 0 Å². The van der Waals surface area contributed by atoms with E-state index in [0.717, 1.165) is 25.7 Å². The van der Waals surface area contributed by atoms with Crippen molar-refractivity contribution < 1.29 is 19.5 Å². The molecule has 0 radical (unpaired) electrons. The Balaban J connectivity index is 1.76. The summed E-state index contributed by atoms with van der Waals surface area (Å²) in [4.78, 5) is 18.5. The van der Waals surface area contributed by atoms with Gasteiger partial charge < -0.3 is 9.84 Å². The van der Waals surface area contributed by atoms with E-state index in [2.05, 4.69) is 13.8 Å². The lowest BCUT2D eigenvalue weighted by Crippen LogP contribution is -2.44. The highest BCUT2D eigenvalue weighted by molar-refractivity contribution is 5.75. The molecular weight excluding hydrogens is 330 g/mol. The third-order valence-corrected chi connectivity index (χ3v) is 7.90. The van der Waals surface area contributed by atoms with Crippen molar-refractivity contribution >= 4 is 5.97 Å². The minimum Gasteiger partial charge on any atom is -0.469 e. The number of carbonyl (C=O) groups is 1. The van der Waals surface area contributed by atoms with Gasteiger partial charge >= 0.3 is 5.97 Å². The number of rotatable bonds is 4. The Bertz CT molecular complexity index is 536. The molecule has 1 N–H and O–H groups in total. The van der Waals surface area contributed by atoms with Crippen LogP contribution in [0.4, 0.5) is 0 Å². The summed E-state index contributed by atoms with van der Waals surface area (Å²) in [5.41, 5.74) is -0.319. The zero-order chi connectivity index (χ0) is 19.3. The number of ether oxygens (including phenoxy) is 1. The van der Waals surface area contributed by atoms with Crippen molar-refractivity contribution in [2.24, 2.45) is 29.1 Å². The van der Waals surface area contributed by atoms with Crippen LogP contribution in [-0.2, 0) is 14.4 Å². The number of esters is 1. The molecule has 5 heteroatoms. The second kappa shape index (κ2) is 7.06. The third kappa shape index (κ3) is 3.20. The van der Waals surface area contributed by atoms with Gasteiger partial charge in [-0.25, -0.2) is 0 Å². The van der Waals surface area contributed by atoms with Gasteiger partial charge in [0.15, 0.2) is 0 Å². The quantitative estimate of drug-likeness (QED) is 0.772. The molecule has 3 fully saturated rings. The molecule has 0 unspecified atom stereocenters. The van der Waals surface area contributed by atoms with Crippen LogP contribution >= 0.6 is 0 Å². The first-order chi connectivity index (χ1) is 12.1. The Morgan fingerprint density at radius 3 is 2.65 bits per heavy atom. The number of hydrogen-bond donors (Lipinski definition) is 1. The predicted octanol–water partition coefficient (Wildman–Crippen LogP) is 3.40. The Morgan fingerprint density at radius 1 is 1.31 bits per heavy atom. The molecular formula is C21H37NO4. The Morgan fingerprint density at radius 2 is 2.00 bits per heavy atom. The molecule has 5 nitrogen and oxygen atoms in total. The summed E-state index contributed by atoms with van der Waals surface area (Å²) in [6.45, 7) is 8.66. The summed E-state index contributed by atoms with van der Waals surface area (Å²) in [5.74, 6) is 1.06. The molecule has 2 aliphatic carbocycles. The Hall–Kier alpha value is -0.650. The monoisotopic (exact) mass is 367 g/mol. The van der Waals surface area contributed by atoms with Gasteiger partial charge in [-0.05, 0) is 69.1 Å². The minimum atomic E-state index is -0.546. The molecule has 0 aromatic carbocycles. The number of hydroxylamine groups is 2. The number of fused-ring (bicyclic) bond motifs is 1. The second-order valence-corrected chi connectivity index (χ2v) is 9.78. The first-order valence-electron chi connectivity index (χ1n) is 10.3. The molecule has 3 rings (SSSR count). The molecule has 0 aromatic heterocycles. The molecule has 26 heavy (non-hydrogen) atoms. The lowest BCUT2D eigenvalue weighted by molar-refractivity contribution is -0.183. The number of aliphatic hydroxyl groups excluding tert-OH is 1. The molecule has 0 aromatic rings. The van der Waals surface area contributed by atoms with Gasteiger partial charge in [-0.1, -0.05) is 20.3 Å². The summed E-state index contributed by atoms with van der Waals surface area (Å²) in [6.07, 6.45) is 6.40. The van der Waals surface area contributed by atoms with Gasteiger partial charge in [0.1, 0.15) is 5.92 Å². The maximum Gasteiger partial charge on any atom is 0.313 e. The SMILES string of the molecule is COC(=O)[C@@H]1[C@@H](C[C@@H](C)[C@H]2CC[C@H]3[C@@H](O)CCC[C@]23C)N(C)OC1(C)C. The molecule has 0 amide bonds.